The van der Waals surface area contributed by atoms with E-state index in [-0.39, 0.29) is 0 Å². The molecule has 13 heavy (non-hydrogen) atoms. The number of β-amino-alcohol motifs (C(OH)–C–C–N with tert-alkyl or cyclic N) is 1. The van der Waals surface area contributed by atoms with Crippen LogP contribution in [0.2, 0.25) is 0 Å². The van der Waals surface area contributed by atoms with Gasteiger partial charge in [0, 0.05) is 19.1 Å². The van der Waals surface area contributed by atoms with E-state index in [1.54, 1.807) is 0 Å². The average molecular weight is 184 g/mol. The molecule has 2 aliphatic rings. The normalized spacial score (nSPS) is 38.3. The Morgan fingerprint density at radius 3 is 2.77 bits per heavy atom. The van der Waals surface area contributed by atoms with Crippen molar-refractivity contribution in [3.63, 3.8) is 0 Å². The third kappa shape index (κ3) is 1.73. The molecule has 76 valence electrons. The smallest absolute Gasteiger partial charge is 0.105 e. The zero-order valence-corrected chi connectivity index (χ0v) is 8.34. The summed E-state index contributed by atoms with van der Waals surface area (Å²) in [7, 11) is 0. The van der Waals surface area contributed by atoms with Crippen LogP contribution in [-0.4, -0.2) is 36.4 Å². The molecule has 0 aromatic carbocycles. The highest BCUT2D eigenvalue weighted by Gasteiger charge is 2.43. The number of nitrogens with one attached hydrogen (secondary N) is 2. The molecule has 0 aromatic rings. The Kier molecular flexibility index (Phi) is 2.58. The summed E-state index contributed by atoms with van der Waals surface area (Å²) in [5, 5.41) is 16.7. The molecule has 3 heteroatoms. The van der Waals surface area contributed by atoms with Gasteiger partial charge in [0.15, 0.2) is 0 Å². The quantitative estimate of drug-likeness (QED) is 0.570. The zero-order chi connectivity index (χ0) is 9.31. The second-order valence-electron chi connectivity index (χ2n) is 4.51. The lowest BCUT2D eigenvalue weighted by Gasteiger charge is -2.47. The maximum absolute atomic E-state index is 10.1. The van der Waals surface area contributed by atoms with Crippen LogP contribution in [-0.2, 0) is 0 Å². The van der Waals surface area contributed by atoms with Crippen LogP contribution in [0.25, 0.3) is 0 Å². The van der Waals surface area contributed by atoms with Crippen LogP contribution in [0.3, 0.4) is 0 Å². The van der Waals surface area contributed by atoms with Crippen molar-refractivity contribution in [3.05, 3.63) is 0 Å². The first kappa shape index (κ1) is 9.44. The maximum Gasteiger partial charge on any atom is 0.105 e. The molecule has 0 aliphatic carbocycles. The van der Waals surface area contributed by atoms with Crippen molar-refractivity contribution in [1.29, 1.82) is 0 Å². The van der Waals surface area contributed by atoms with E-state index in [9.17, 15) is 5.11 Å². The van der Waals surface area contributed by atoms with Crippen molar-refractivity contribution in [3.8, 4) is 0 Å². The number of hydrogen-bond acceptors (Lipinski definition) is 3. The van der Waals surface area contributed by atoms with Gasteiger partial charge in [0.1, 0.15) is 5.60 Å². The lowest BCUT2D eigenvalue weighted by molar-refractivity contribution is -0.0554. The summed E-state index contributed by atoms with van der Waals surface area (Å²) in [6.45, 7) is 4.85. The van der Waals surface area contributed by atoms with Crippen molar-refractivity contribution in [2.24, 2.45) is 5.92 Å². The van der Waals surface area contributed by atoms with Gasteiger partial charge in [-0.1, -0.05) is 13.3 Å². The molecule has 0 aromatic heterocycles. The SMILES string of the molecule is CCC1CCNC(C2(O)CNC2)C1. The van der Waals surface area contributed by atoms with Crippen molar-refractivity contribution in [1.82, 2.24) is 10.6 Å². The maximum atomic E-state index is 10.1. The molecule has 3 N–H and O–H groups in total. The summed E-state index contributed by atoms with van der Waals surface area (Å²) in [4.78, 5) is 0. The first-order valence-corrected chi connectivity index (χ1v) is 5.41. The monoisotopic (exact) mass is 184 g/mol. The Morgan fingerprint density at radius 1 is 1.46 bits per heavy atom. The third-order valence-corrected chi connectivity index (χ3v) is 3.60. The van der Waals surface area contributed by atoms with Gasteiger partial charge in [-0.3, -0.25) is 0 Å². The number of rotatable bonds is 2. The van der Waals surface area contributed by atoms with E-state index in [0.29, 0.717) is 6.04 Å². The average Bonchev–Trinajstić information content (AvgIpc) is 2.14. The largest absolute Gasteiger partial charge is 0.386 e. The summed E-state index contributed by atoms with van der Waals surface area (Å²) >= 11 is 0. The van der Waals surface area contributed by atoms with Gasteiger partial charge in [-0.05, 0) is 25.3 Å². The topological polar surface area (TPSA) is 44.3 Å². The van der Waals surface area contributed by atoms with Crippen LogP contribution >= 0.6 is 0 Å². The van der Waals surface area contributed by atoms with E-state index < -0.39 is 5.60 Å². The second kappa shape index (κ2) is 3.56. The highest BCUT2D eigenvalue weighted by molar-refractivity contribution is 5.03. The Labute approximate surface area is 79.9 Å². The van der Waals surface area contributed by atoms with Gasteiger partial charge < -0.3 is 15.7 Å². The van der Waals surface area contributed by atoms with E-state index in [2.05, 4.69) is 17.6 Å². The van der Waals surface area contributed by atoms with Crippen LogP contribution in [0.15, 0.2) is 0 Å². The molecule has 2 aliphatic heterocycles. The molecule has 2 heterocycles. The minimum absolute atomic E-state index is 0.326. The molecular formula is C10H20N2O. The molecule has 2 fully saturated rings. The first-order chi connectivity index (χ1) is 6.24. The van der Waals surface area contributed by atoms with E-state index in [1.807, 2.05) is 0 Å². The van der Waals surface area contributed by atoms with Crippen LogP contribution < -0.4 is 10.6 Å². The summed E-state index contributed by atoms with van der Waals surface area (Å²) < 4.78 is 0. The molecule has 3 nitrogen and oxygen atoms in total. The Bertz CT molecular complexity index is 180. The molecule has 0 spiro atoms. The van der Waals surface area contributed by atoms with Gasteiger partial charge >= 0.3 is 0 Å². The summed E-state index contributed by atoms with van der Waals surface area (Å²) in [5.41, 5.74) is -0.451. The van der Waals surface area contributed by atoms with Gasteiger partial charge in [-0.2, -0.15) is 0 Å². The molecule has 2 saturated heterocycles. The summed E-state index contributed by atoms with van der Waals surface area (Å²) in [6, 6.07) is 0.326. The van der Waals surface area contributed by atoms with E-state index >= 15 is 0 Å². The van der Waals surface area contributed by atoms with Gasteiger partial charge in [-0.15, -0.1) is 0 Å². The molecule has 0 bridgehead atoms. The van der Waals surface area contributed by atoms with Crippen LogP contribution in [0.4, 0.5) is 0 Å². The summed E-state index contributed by atoms with van der Waals surface area (Å²) in [5.74, 6) is 0.816. The third-order valence-electron chi connectivity index (χ3n) is 3.60. The molecule has 2 rings (SSSR count). The first-order valence-electron chi connectivity index (χ1n) is 5.41. The number of hydrogen-bond donors (Lipinski definition) is 3. The van der Waals surface area contributed by atoms with E-state index in [4.69, 9.17) is 0 Å². The fourth-order valence-electron chi connectivity index (χ4n) is 2.40. The van der Waals surface area contributed by atoms with Gasteiger partial charge in [0.25, 0.3) is 0 Å². The standard InChI is InChI=1S/C10H20N2O/c1-2-8-3-4-12-9(5-8)10(13)6-11-7-10/h8-9,11-13H,2-7H2,1H3. The van der Waals surface area contributed by atoms with Gasteiger partial charge in [-0.25, -0.2) is 0 Å². The van der Waals surface area contributed by atoms with Gasteiger partial charge in [0.05, 0.1) is 0 Å². The lowest BCUT2D eigenvalue weighted by Crippen LogP contribution is -2.70. The van der Waals surface area contributed by atoms with Crippen molar-refractivity contribution < 1.29 is 5.11 Å². The van der Waals surface area contributed by atoms with Gasteiger partial charge in [0.2, 0.25) is 0 Å². The van der Waals surface area contributed by atoms with Crippen LogP contribution in [0.5, 0.6) is 0 Å². The molecule has 2 unspecified atom stereocenters. The number of aliphatic hydroxyl groups is 1. The predicted molar refractivity (Wildman–Crippen MR) is 52.6 cm³/mol. The van der Waals surface area contributed by atoms with Crippen molar-refractivity contribution >= 4 is 0 Å². The lowest BCUT2D eigenvalue weighted by atomic mass is 9.79. The van der Waals surface area contributed by atoms with Crippen molar-refractivity contribution in [2.45, 2.75) is 37.8 Å². The van der Waals surface area contributed by atoms with E-state index in [0.717, 1.165) is 32.0 Å². The minimum atomic E-state index is -0.451. The van der Waals surface area contributed by atoms with Crippen molar-refractivity contribution in [2.75, 3.05) is 19.6 Å². The highest BCUT2D eigenvalue weighted by Crippen LogP contribution is 2.27. The molecular weight excluding hydrogens is 164 g/mol. The fourth-order valence-corrected chi connectivity index (χ4v) is 2.40. The second-order valence-corrected chi connectivity index (χ2v) is 4.51. The van der Waals surface area contributed by atoms with Crippen LogP contribution in [0, 0.1) is 5.92 Å². The zero-order valence-electron chi connectivity index (χ0n) is 8.34. The van der Waals surface area contributed by atoms with E-state index in [1.165, 1.54) is 12.8 Å². The Balaban J connectivity index is 1.91. The molecule has 0 saturated carbocycles. The minimum Gasteiger partial charge on any atom is -0.386 e. The number of piperidine rings is 1. The Morgan fingerprint density at radius 2 is 2.23 bits per heavy atom. The molecule has 0 radical (unpaired) electrons. The molecule has 2 atom stereocenters. The Hall–Kier alpha value is -0.120. The predicted octanol–water partition coefficient (Wildman–Crippen LogP) is 0.0989. The fraction of sp³-hybridized carbons (Fsp3) is 1.00. The van der Waals surface area contributed by atoms with Crippen LogP contribution in [0.1, 0.15) is 26.2 Å². The molecule has 0 amide bonds. The highest BCUT2D eigenvalue weighted by atomic mass is 16.3. The summed E-state index contributed by atoms with van der Waals surface area (Å²) in [6.07, 6.45) is 3.67.